The Kier molecular flexibility index (Phi) is 6.52. The number of rotatable bonds is 6. The highest BCUT2D eigenvalue weighted by atomic mass is 16.6. The fraction of sp³-hybridized carbons (Fsp3) is 0.414. The number of likely N-dealkylation sites (tertiary alicyclic amines) is 1. The molecule has 4 heterocycles. The van der Waals surface area contributed by atoms with Crippen LogP contribution in [0.15, 0.2) is 48.0 Å². The minimum Gasteiger partial charge on any atom is -0.507 e. The van der Waals surface area contributed by atoms with Gasteiger partial charge in [-0.25, -0.2) is 0 Å². The number of benzene rings is 2. The number of morpholine rings is 1. The molecule has 1 atom stereocenters. The first kappa shape index (κ1) is 25.4. The van der Waals surface area contributed by atoms with Crippen LogP contribution in [0.3, 0.4) is 0 Å². The molecule has 2 aromatic carbocycles. The fourth-order valence-corrected chi connectivity index (χ4v) is 6.09. The van der Waals surface area contributed by atoms with Crippen LogP contribution in [-0.2, 0) is 24.7 Å². The number of ether oxygens (including phenoxy) is 3. The second-order valence-corrected chi connectivity index (χ2v) is 9.95. The number of aliphatic hydroxyl groups excluding tert-OH is 1. The Morgan fingerprint density at radius 2 is 1.69 bits per heavy atom. The van der Waals surface area contributed by atoms with Crippen molar-refractivity contribution in [2.75, 3.05) is 64.1 Å². The molecule has 204 valence electrons. The highest BCUT2D eigenvalue weighted by molar-refractivity contribution is 6.50. The third kappa shape index (κ3) is 3.89. The van der Waals surface area contributed by atoms with Crippen molar-refractivity contribution in [2.24, 2.45) is 0 Å². The van der Waals surface area contributed by atoms with Gasteiger partial charge in [0.2, 0.25) is 0 Å². The van der Waals surface area contributed by atoms with Crippen molar-refractivity contribution < 1.29 is 33.7 Å². The summed E-state index contributed by atoms with van der Waals surface area (Å²) < 4.78 is 16.7. The molecule has 10 nitrogen and oxygen atoms in total. The summed E-state index contributed by atoms with van der Waals surface area (Å²) in [7, 11) is 0. The van der Waals surface area contributed by atoms with Crippen LogP contribution in [0.1, 0.15) is 24.5 Å². The smallest absolute Gasteiger partial charge is 0.296 e. The minimum absolute atomic E-state index is 0.178. The molecule has 6 rings (SSSR count). The molecule has 2 saturated heterocycles. The predicted molar refractivity (Wildman–Crippen MR) is 142 cm³/mol. The lowest BCUT2D eigenvalue weighted by Crippen LogP contribution is -2.52. The molecule has 0 radical (unpaired) electrons. The summed E-state index contributed by atoms with van der Waals surface area (Å²) in [4.78, 5) is 46.9. The van der Waals surface area contributed by atoms with E-state index in [0.717, 1.165) is 13.1 Å². The van der Waals surface area contributed by atoms with Gasteiger partial charge in [-0.05, 0) is 37.6 Å². The topological polar surface area (TPSA) is 109 Å². The van der Waals surface area contributed by atoms with Gasteiger partial charge in [-0.3, -0.25) is 19.3 Å². The van der Waals surface area contributed by atoms with E-state index in [9.17, 15) is 19.5 Å². The standard InChI is InChI=1S/C29H31N3O7/c1-2-31-21-7-4-3-6-20(21)29(28(31)36)24(25(33)19-8-9-22-23(18-19)39-17-16-38-22)26(34)27(35)32(29)11-5-10-30-12-14-37-15-13-30/h3-4,6-9,18,33H,2,5,10-17H2,1H3/b25-24+. The third-order valence-corrected chi connectivity index (χ3v) is 7.90. The molecule has 4 aliphatic rings. The summed E-state index contributed by atoms with van der Waals surface area (Å²) in [5, 5.41) is 11.7. The second-order valence-electron chi connectivity index (χ2n) is 9.95. The maximum Gasteiger partial charge on any atom is 0.296 e. The summed E-state index contributed by atoms with van der Waals surface area (Å²) in [5.41, 5.74) is -0.572. The zero-order valence-electron chi connectivity index (χ0n) is 21.9. The van der Waals surface area contributed by atoms with Gasteiger partial charge in [0.1, 0.15) is 19.0 Å². The molecule has 39 heavy (non-hydrogen) atoms. The van der Waals surface area contributed by atoms with E-state index in [1.54, 1.807) is 35.2 Å². The maximum atomic E-state index is 14.3. The van der Waals surface area contributed by atoms with Crippen LogP contribution in [0.2, 0.25) is 0 Å². The van der Waals surface area contributed by atoms with Crippen LogP contribution in [0.25, 0.3) is 5.76 Å². The molecule has 1 N–H and O–H groups in total. The summed E-state index contributed by atoms with van der Waals surface area (Å²) in [5.74, 6) is -1.56. The van der Waals surface area contributed by atoms with Gasteiger partial charge in [-0.2, -0.15) is 0 Å². The number of likely N-dealkylation sites (N-methyl/N-ethyl adjacent to an activating group) is 1. The number of anilines is 1. The Balaban J connectivity index is 1.48. The summed E-state index contributed by atoms with van der Waals surface area (Å²) in [6.45, 7) is 6.71. The first-order valence-corrected chi connectivity index (χ1v) is 13.4. The van der Waals surface area contributed by atoms with Gasteiger partial charge in [0.25, 0.3) is 17.6 Å². The molecule has 1 spiro atoms. The van der Waals surface area contributed by atoms with Crippen molar-refractivity contribution in [1.82, 2.24) is 9.80 Å². The average Bonchev–Trinajstić information content (AvgIpc) is 3.35. The van der Waals surface area contributed by atoms with Crippen molar-refractivity contribution in [3.8, 4) is 11.5 Å². The van der Waals surface area contributed by atoms with Crippen molar-refractivity contribution in [3.63, 3.8) is 0 Å². The number of ketones is 1. The molecular formula is C29H31N3O7. The molecule has 10 heteroatoms. The quantitative estimate of drug-likeness (QED) is 0.342. The maximum absolute atomic E-state index is 14.3. The number of aliphatic hydroxyl groups is 1. The molecule has 1 unspecified atom stereocenters. The summed E-state index contributed by atoms with van der Waals surface area (Å²) >= 11 is 0. The van der Waals surface area contributed by atoms with Gasteiger partial charge in [-0.15, -0.1) is 0 Å². The molecule has 0 aromatic heterocycles. The van der Waals surface area contributed by atoms with Gasteiger partial charge in [-0.1, -0.05) is 18.2 Å². The van der Waals surface area contributed by atoms with Crippen LogP contribution >= 0.6 is 0 Å². The number of hydrogen-bond donors (Lipinski definition) is 1. The Labute approximate surface area is 226 Å². The lowest BCUT2D eigenvalue weighted by molar-refractivity contribution is -0.143. The van der Waals surface area contributed by atoms with Crippen LogP contribution in [0.5, 0.6) is 11.5 Å². The molecule has 4 aliphatic heterocycles. The van der Waals surface area contributed by atoms with Crippen LogP contribution in [0.4, 0.5) is 5.69 Å². The average molecular weight is 534 g/mol. The number of fused-ring (bicyclic) bond motifs is 3. The van der Waals surface area contributed by atoms with Gasteiger partial charge in [0.15, 0.2) is 17.0 Å². The molecule has 0 bridgehead atoms. The summed E-state index contributed by atoms with van der Waals surface area (Å²) in [6.07, 6.45) is 0.556. The number of nitrogens with zero attached hydrogens (tertiary/aromatic N) is 3. The highest BCUT2D eigenvalue weighted by Crippen LogP contribution is 2.53. The van der Waals surface area contributed by atoms with Gasteiger partial charge in [0.05, 0.1) is 24.5 Å². The van der Waals surface area contributed by atoms with E-state index in [1.165, 1.54) is 4.90 Å². The largest absolute Gasteiger partial charge is 0.507 e. The lowest BCUT2D eigenvalue weighted by atomic mass is 9.81. The number of hydrogen-bond acceptors (Lipinski definition) is 8. The monoisotopic (exact) mass is 533 g/mol. The van der Waals surface area contributed by atoms with Crippen LogP contribution in [0, 0.1) is 0 Å². The molecular weight excluding hydrogens is 502 g/mol. The van der Waals surface area contributed by atoms with Crippen LogP contribution in [-0.4, -0.2) is 91.7 Å². The first-order valence-electron chi connectivity index (χ1n) is 13.4. The number of para-hydroxylation sites is 1. The summed E-state index contributed by atoms with van der Waals surface area (Å²) in [6, 6.07) is 12.0. The Morgan fingerprint density at radius 3 is 2.46 bits per heavy atom. The third-order valence-electron chi connectivity index (χ3n) is 7.90. The first-order chi connectivity index (χ1) is 19.0. The molecule has 0 saturated carbocycles. The van der Waals surface area contributed by atoms with E-state index < -0.39 is 28.9 Å². The molecule has 0 aliphatic carbocycles. The van der Waals surface area contributed by atoms with Crippen molar-refractivity contribution in [2.45, 2.75) is 18.9 Å². The second kappa shape index (κ2) is 10.0. The van der Waals surface area contributed by atoms with Crippen molar-refractivity contribution in [1.29, 1.82) is 0 Å². The lowest BCUT2D eigenvalue weighted by Gasteiger charge is -2.35. The van der Waals surface area contributed by atoms with Crippen molar-refractivity contribution in [3.05, 3.63) is 59.2 Å². The fourth-order valence-electron chi connectivity index (χ4n) is 6.09. The number of carbonyl (C=O) groups is 3. The molecule has 2 fully saturated rings. The van der Waals surface area contributed by atoms with E-state index >= 15 is 0 Å². The predicted octanol–water partition coefficient (Wildman–Crippen LogP) is 2.12. The van der Waals surface area contributed by atoms with E-state index in [4.69, 9.17) is 14.2 Å². The molecule has 2 amide bonds. The SMILES string of the molecule is CCN1C(=O)C2(/C(=C(/O)c3ccc4c(c3)OCCO4)C(=O)C(=O)N2CCCN2CCOCC2)c2ccccc21. The van der Waals surface area contributed by atoms with E-state index in [1.807, 2.05) is 19.1 Å². The van der Waals surface area contributed by atoms with Crippen molar-refractivity contribution >= 4 is 29.0 Å². The normalized spacial score (nSPS) is 24.1. The van der Waals surface area contributed by atoms with Gasteiger partial charge < -0.3 is 29.1 Å². The van der Waals surface area contributed by atoms with Gasteiger partial charge in [0, 0.05) is 43.9 Å². The zero-order valence-corrected chi connectivity index (χ0v) is 21.9. The van der Waals surface area contributed by atoms with E-state index in [2.05, 4.69) is 4.90 Å². The zero-order chi connectivity index (χ0) is 27.1. The Hall–Kier alpha value is -3.89. The number of carbonyl (C=O) groups excluding carboxylic acids is 3. The number of amides is 2. The Bertz CT molecular complexity index is 1370. The highest BCUT2D eigenvalue weighted by Gasteiger charge is 2.66. The van der Waals surface area contributed by atoms with Crippen LogP contribution < -0.4 is 14.4 Å². The van der Waals surface area contributed by atoms with E-state index in [0.29, 0.717) is 68.7 Å². The van der Waals surface area contributed by atoms with Gasteiger partial charge >= 0.3 is 0 Å². The number of Topliss-reactive ketones (excluding diaryl/α,β-unsaturated/α-hetero) is 1. The molecule has 2 aromatic rings. The minimum atomic E-state index is -1.76. The van der Waals surface area contributed by atoms with E-state index in [-0.39, 0.29) is 17.7 Å². The Morgan fingerprint density at radius 1 is 0.949 bits per heavy atom.